The molecular weight excluding hydrogens is 222 g/mol. The van der Waals surface area contributed by atoms with Gasteiger partial charge >= 0.3 is 0 Å². The second kappa shape index (κ2) is 6.91. The molecule has 2 nitrogen and oxygen atoms in total. The third-order valence-corrected chi connectivity index (χ3v) is 5.22. The van der Waals surface area contributed by atoms with Gasteiger partial charge < -0.3 is 10.1 Å². The predicted molar refractivity (Wildman–Crippen MR) is 76.8 cm³/mol. The molecule has 0 spiro atoms. The number of hydrogen-bond donors (Lipinski definition) is 1. The van der Waals surface area contributed by atoms with E-state index in [2.05, 4.69) is 19.2 Å². The molecule has 3 unspecified atom stereocenters. The fraction of sp³-hybridized carbons (Fsp3) is 1.00. The van der Waals surface area contributed by atoms with Crippen LogP contribution in [-0.2, 0) is 4.74 Å². The fourth-order valence-electron chi connectivity index (χ4n) is 4.17. The quantitative estimate of drug-likeness (QED) is 0.634. The highest BCUT2D eigenvalue weighted by Gasteiger charge is 2.49. The van der Waals surface area contributed by atoms with Crippen LogP contribution in [0.25, 0.3) is 0 Å². The predicted octanol–water partition coefficient (Wildman–Crippen LogP) is 3.61. The zero-order valence-electron chi connectivity index (χ0n) is 12.3. The average molecular weight is 253 g/mol. The van der Waals surface area contributed by atoms with Crippen LogP contribution in [0.3, 0.4) is 0 Å². The summed E-state index contributed by atoms with van der Waals surface area (Å²) in [5, 5.41) is 3.61. The molecule has 2 bridgehead atoms. The number of fused-ring (bicyclic) bond motifs is 2. The van der Waals surface area contributed by atoms with Crippen LogP contribution in [0, 0.1) is 17.3 Å². The summed E-state index contributed by atoms with van der Waals surface area (Å²) in [6.45, 7) is 8.72. The molecule has 0 saturated heterocycles. The van der Waals surface area contributed by atoms with Gasteiger partial charge in [-0.05, 0) is 55.9 Å². The lowest BCUT2D eigenvalue weighted by atomic mass is 9.71. The molecule has 18 heavy (non-hydrogen) atoms. The summed E-state index contributed by atoms with van der Waals surface area (Å²) in [7, 11) is 0. The summed E-state index contributed by atoms with van der Waals surface area (Å²) in [6.07, 6.45) is 9.67. The molecule has 2 aliphatic carbocycles. The Morgan fingerprint density at radius 3 is 2.72 bits per heavy atom. The van der Waals surface area contributed by atoms with E-state index >= 15 is 0 Å². The molecule has 0 heterocycles. The van der Waals surface area contributed by atoms with E-state index in [0.29, 0.717) is 5.41 Å². The van der Waals surface area contributed by atoms with Crippen molar-refractivity contribution in [3.8, 4) is 0 Å². The van der Waals surface area contributed by atoms with E-state index in [0.717, 1.165) is 31.6 Å². The first-order valence-corrected chi connectivity index (χ1v) is 8.09. The summed E-state index contributed by atoms with van der Waals surface area (Å²) in [4.78, 5) is 0. The van der Waals surface area contributed by atoms with Gasteiger partial charge in [0.1, 0.15) is 0 Å². The Morgan fingerprint density at radius 2 is 2.11 bits per heavy atom. The standard InChI is InChI=1S/C16H31NO/c1-3-5-9-18-10-8-16(13-17-4-2)12-14-6-7-15(16)11-14/h14-15,17H,3-13H2,1-2H3. The smallest absolute Gasteiger partial charge is 0.0471 e. The van der Waals surface area contributed by atoms with Crippen LogP contribution in [0.1, 0.15) is 58.8 Å². The second-order valence-electron chi connectivity index (χ2n) is 6.44. The zero-order valence-corrected chi connectivity index (χ0v) is 12.3. The maximum Gasteiger partial charge on any atom is 0.0471 e. The van der Waals surface area contributed by atoms with E-state index in [-0.39, 0.29) is 0 Å². The van der Waals surface area contributed by atoms with Crippen molar-refractivity contribution in [3.63, 3.8) is 0 Å². The summed E-state index contributed by atoms with van der Waals surface area (Å²) >= 11 is 0. The molecule has 0 radical (unpaired) electrons. The normalized spacial score (nSPS) is 34.3. The summed E-state index contributed by atoms with van der Waals surface area (Å²) in [6, 6.07) is 0. The van der Waals surface area contributed by atoms with Crippen molar-refractivity contribution in [1.29, 1.82) is 0 Å². The zero-order chi connectivity index (χ0) is 12.8. The molecule has 2 heteroatoms. The Bertz CT molecular complexity index is 243. The van der Waals surface area contributed by atoms with Crippen LogP contribution in [0.5, 0.6) is 0 Å². The van der Waals surface area contributed by atoms with Crippen LogP contribution in [0.2, 0.25) is 0 Å². The van der Waals surface area contributed by atoms with Crippen molar-refractivity contribution in [3.05, 3.63) is 0 Å². The van der Waals surface area contributed by atoms with Crippen molar-refractivity contribution in [2.24, 2.45) is 17.3 Å². The van der Waals surface area contributed by atoms with Gasteiger partial charge in [0.15, 0.2) is 0 Å². The van der Waals surface area contributed by atoms with E-state index < -0.39 is 0 Å². The fourth-order valence-corrected chi connectivity index (χ4v) is 4.17. The number of ether oxygens (including phenoxy) is 1. The van der Waals surface area contributed by atoms with Gasteiger partial charge in [0.2, 0.25) is 0 Å². The third-order valence-electron chi connectivity index (χ3n) is 5.22. The topological polar surface area (TPSA) is 21.3 Å². The summed E-state index contributed by atoms with van der Waals surface area (Å²) < 4.78 is 5.82. The van der Waals surface area contributed by atoms with Gasteiger partial charge in [0.25, 0.3) is 0 Å². The highest BCUT2D eigenvalue weighted by molar-refractivity contribution is 5.01. The summed E-state index contributed by atoms with van der Waals surface area (Å²) in [5.74, 6) is 2.01. The first-order valence-electron chi connectivity index (χ1n) is 8.09. The number of nitrogens with one attached hydrogen (secondary N) is 1. The monoisotopic (exact) mass is 253 g/mol. The minimum atomic E-state index is 0.575. The SMILES string of the molecule is CCCCOCCC1(CNCC)CC2CCC1C2. The van der Waals surface area contributed by atoms with Gasteiger partial charge in [0, 0.05) is 19.8 Å². The average Bonchev–Trinajstić information content (AvgIpc) is 2.97. The van der Waals surface area contributed by atoms with E-state index in [9.17, 15) is 0 Å². The molecule has 0 aromatic rings. The van der Waals surface area contributed by atoms with E-state index in [1.54, 1.807) is 0 Å². The second-order valence-corrected chi connectivity index (χ2v) is 6.44. The highest BCUT2D eigenvalue weighted by Crippen LogP contribution is 2.57. The number of hydrogen-bond acceptors (Lipinski definition) is 2. The Kier molecular flexibility index (Phi) is 5.50. The Morgan fingerprint density at radius 1 is 1.22 bits per heavy atom. The van der Waals surface area contributed by atoms with Crippen LogP contribution in [-0.4, -0.2) is 26.3 Å². The van der Waals surface area contributed by atoms with E-state index in [1.165, 1.54) is 51.5 Å². The molecule has 2 aliphatic rings. The molecule has 2 rings (SSSR count). The Hall–Kier alpha value is -0.0800. The lowest BCUT2D eigenvalue weighted by Crippen LogP contribution is -2.39. The Balaban J connectivity index is 1.78. The van der Waals surface area contributed by atoms with E-state index in [4.69, 9.17) is 4.74 Å². The van der Waals surface area contributed by atoms with Gasteiger partial charge in [-0.1, -0.05) is 26.7 Å². The van der Waals surface area contributed by atoms with E-state index in [1.807, 2.05) is 0 Å². The molecule has 106 valence electrons. The minimum absolute atomic E-state index is 0.575. The molecule has 0 aliphatic heterocycles. The first-order chi connectivity index (χ1) is 8.80. The molecule has 1 N–H and O–H groups in total. The van der Waals surface area contributed by atoms with Gasteiger partial charge in [-0.3, -0.25) is 0 Å². The maximum absolute atomic E-state index is 5.82. The molecule has 0 aromatic heterocycles. The van der Waals surface area contributed by atoms with Crippen molar-refractivity contribution in [2.45, 2.75) is 58.8 Å². The lowest BCUT2D eigenvalue weighted by Gasteiger charge is -2.38. The molecule has 0 aromatic carbocycles. The number of unbranched alkanes of at least 4 members (excludes halogenated alkanes) is 1. The molecular formula is C16H31NO. The third kappa shape index (κ3) is 3.27. The first kappa shape index (κ1) is 14.3. The van der Waals surface area contributed by atoms with Crippen molar-refractivity contribution in [1.82, 2.24) is 5.32 Å². The van der Waals surface area contributed by atoms with Crippen molar-refractivity contribution in [2.75, 3.05) is 26.3 Å². The number of rotatable bonds is 9. The highest BCUT2D eigenvalue weighted by atomic mass is 16.5. The molecule has 0 amide bonds. The van der Waals surface area contributed by atoms with Crippen molar-refractivity contribution >= 4 is 0 Å². The maximum atomic E-state index is 5.82. The van der Waals surface area contributed by atoms with Gasteiger partial charge in [0.05, 0.1) is 0 Å². The van der Waals surface area contributed by atoms with Crippen LogP contribution < -0.4 is 5.32 Å². The van der Waals surface area contributed by atoms with Crippen LogP contribution in [0.15, 0.2) is 0 Å². The molecule has 2 saturated carbocycles. The summed E-state index contributed by atoms with van der Waals surface area (Å²) in [5.41, 5.74) is 0.575. The minimum Gasteiger partial charge on any atom is -0.381 e. The molecule has 3 atom stereocenters. The van der Waals surface area contributed by atoms with Gasteiger partial charge in [-0.15, -0.1) is 0 Å². The van der Waals surface area contributed by atoms with Gasteiger partial charge in [-0.25, -0.2) is 0 Å². The van der Waals surface area contributed by atoms with Crippen LogP contribution in [0.4, 0.5) is 0 Å². The van der Waals surface area contributed by atoms with Gasteiger partial charge in [-0.2, -0.15) is 0 Å². The lowest BCUT2D eigenvalue weighted by molar-refractivity contribution is 0.0619. The van der Waals surface area contributed by atoms with Crippen molar-refractivity contribution < 1.29 is 4.74 Å². The molecule has 2 fully saturated rings. The van der Waals surface area contributed by atoms with Crippen LogP contribution >= 0.6 is 0 Å². The largest absolute Gasteiger partial charge is 0.381 e. The Labute approximate surface area is 113 Å².